The van der Waals surface area contributed by atoms with E-state index in [-0.39, 0.29) is 24.2 Å². The standard InChI is InChI=1S/C20H17FN2O2/c21-16-10-14-2-1-9-22-19(14)15(11-16)12-25-18-7-5-17(6-8-18)23-20(24)13-3-4-13/h1-2,5-11,13H,3-4,12H2,(H,23,24). The topological polar surface area (TPSA) is 51.2 Å². The molecule has 0 saturated heterocycles. The molecular weight excluding hydrogens is 319 g/mol. The zero-order valence-corrected chi connectivity index (χ0v) is 13.5. The molecule has 1 N–H and O–H groups in total. The summed E-state index contributed by atoms with van der Waals surface area (Å²) in [6.45, 7) is 0.221. The molecule has 126 valence electrons. The Labute approximate surface area is 144 Å². The number of carbonyl (C=O) groups excluding carboxylic acids is 1. The minimum Gasteiger partial charge on any atom is -0.489 e. The highest BCUT2D eigenvalue weighted by Crippen LogP contribution is 2.30. The second-order valence-corrected chi connectivity index (χ2v) is 6.22. The molecule has 5 heteroatoms. The molecule has 1 aliphatic carbocycles. The van der Waals surface area contributed by atoms with E-state index in [0.717, 1.165) is 29.4 Å². The Balaban J connectivity index is 1.45. The van der Waals surface area contributed by atoms with E-state index in [0.29, 0.717) is 11.3 Å². The summed E-state index contributed by atoms with van der Waals surface area (Å²) in [6, 6.07) is 13.7. The number of hydrogen-bond acceptors (Lipinski definition) is 3. The maximum absolute atomic E-state index is 13.7. The highest BCUT2D eigenvalue weighted by Gasteiger charge is 2.29. The number of pyridine rings is 1. The minimum absolute atomic E-state index is 0.0750. The lowest BCUT2D eigenvalue weighted by Gasteiger charge is -2.10. The molecule has 25 heavy (non-hydrogen) atoms. The number of anilines is 1. The van der Waals surface area contributed by atoms with Crippen molar-refractivity contribution < 1.29 is 13.9 Å². The largest absolute Gasteiger partial charge is 0.489 e. The fourth-order valence-electron chi connectivity index (χ4n) is 2.72. The van der Waals surface area contributed by atoms with Crippen LogP contribution in [0.4, 0.5) is 10.1 Å². The molecule has 1 heterocycles. The molecule has 0 atom stereocenters. The monoisotopic (exact) mass is 336 g/mol. The van der Waals surface area contributed by atoms with Crippen molar-refractivity contribution in [2.24, 2.45) is 5.92 Å². The van der Waals surface area contributed by atoms with Gasteiger partial charge in [0.25, 0.3) is 0 Å². The van der Waals surface area contributed by atoms with Gasteiger partial charge in [-0.25, -0.2) is 4.39 Å². The molecule has 4 nitrogen and oxygen atoms in total. The van der Waals surface area contributed by atoms with Crippen LogP contribution in [-0.2, 0) is 11.4 Å². The van der Waals surface area contributed by atoms with E-state index in [4.69, 9.17) is 4.74 Å². The van der Waals surface area contributed by atoms with E-state index in [1.807, 2.05) is 6.07 Å². The van der Waals surface area contributed by atoms with Gasteiger partial charge in [0.1, 0.15) is 18.2 Å². The molecular formula is C20H17FN2O2. The van der Waals surface area contributed by atoms with Gasteiger partial charge < -0.3 is 10.1 Å². The van der Waals surface area contributed by atoms with E-state index in [1.54, 1.807) is 36.5 Å². The summed E-state index contributed by atoms with van der Waals surface area (Å²) >= 11 is 0. The quantitative estimate of drug-likeness (QED) is 0.756. The van der Waals surface area contributed by atoms with Crippen molar-refractivity contribution in [1.29, 1.82) is 0 Å². The smallest absolute Gasteiger partial charge is 0.227 e. The highest BCUT2D eigenvalue weighted by atomic mass is 19.1. The molecule has 1 aliphatic rings. The van der Waals surface area contributed by atoms with Gasteiger partial charge in [0.15, 0.2) is 0 Å². The summed E-state index contributed by atoms with van der Waals surface area (Å²) in [4.78, 5) is 16.1. The van der Waals surface area contributed by atoms with Gasteiger partial charge in [0, 0.05) is 28.8 Å². The van der Waals surface area contributed by atoms with Crippen LogP contribution in [0.15, 0.2) is 54.7 Å². The third-order valence-corrected chi connectivity index (χ3v) is 4.21. The fraction of sp³-hybridized carbons (Fsp3) is 0.200. The molecule has 0 unspecified atom stereocenters. The van der Waals surface area contributed by atoms with Gasteiger partial charge in [0.05, 0.1) is 5.52 Å². The molecule has 1 saturated carbocycles. The first-order valence-corrected chi connectivity index (χ1v) is 8.26. The van der Waals surface area contributed by atoms with Crippen molar-refractivity contribution in [3.8, 4) is 5.75 Å². The molecule has 1 fully saturated rings. The number of hydrogen-bond donors (Lipinski definition) is 1. The second kappa shape index (κ2) is 6.51. The van der Waals surface area contributed by atoms with Crippen LogP contribution < -0.4 is 10.1 Å². The third-order valence-electron chi connectivity index (χ3n) is 4.21. The Hall–Kier alpha value is -2.95. The van der Waals surface area contributed by atoms with Gasteiger partial charge >= 0.3 is 0 Å². The molecule has 0 bridgehead atoms. The van der Waals surface area contributed by atoms with Crippen LogP contribution in [0.5, 0.6) is 5.75 Å². The van der Waals surface area contributed by atoms with Crippen LogP contribution in [0.1, 0.15) is 18.4 Å². The lowest BCUT2D eigenvalue weighted by molar-refractivity contribution is -0.117. The first kappa shape index (κ1) is 15.6. The van der Waals surface area contributed by atoms with Gasteiger partial charge in [-0.05, 0) is 55.3 Å². The van der Waals surface area contributed by atoms with Crippen LogP contribution >= 0.6 is 0 Å². The summed E-state index contributed by atoms with van der Waals surface area (Å²) in [5.41, 5.74) is 2.18. The molecule has 3 aromatic rings. The van der Waals surface area contributed by atoms with E-state index in [1.165, 1.54) is 12.1 Å². The highest BCUT2D eigenvalue weighted by molar-refractivity contribution is 5.94. The minimum atomic E-state index is -0.308. The third kappa shape index (κ3) is 3.60. The molecule has 1 amide bonds. The Bertz CT molecular complexity index is 921. The number of nitrogens with one attached hydrogen (secondary N) is 1. The van der Waals surface area contributed by atoms with Crippen LogP contribution in [-0.4, -0.2) is 10.9 Å². The number of halogens is 1. The van der Waals surface area contributed by atoms with E-state index in [9.17, 15) is 9.18 Å². The van der Waals surface area contributed by atoms with Gasteiger partial charge in [-0.1, -0.05) is 6.07 Å². The summed E-state index contributed by atoms with van der Waals surface area (Å²) in [7, 11) is 0. The number of nitrogens with zero attached hydrogens (tertiary/aromatic N) is 1. The Morgan fingerprint density at radius 1 is 1.20 bits per heavy atom. The molecule has 4 rings (SSSR count). The second-order valence-electron chi connectivity index (χ2n) is 6.22. The van der Waals surface area contributed by atoms with Gasteiger partial charge in [0.2, 0.25) is 5.91 Å². The Kier molecular flexibility index (Phi) is 4.06. The SMILES string of the molecule is O=C(Nc1ccc(OCc2cc(F)cc3cccnc23)cc1)C1CC1. The first-order chi connectivity index (χ1) is 12.2. The maximum Gasteiger partial charge on any atom is 0.227 e. The van der Waals surface area contributed by atoms with Crippen LogP contribution in [0.3, 0.4) is 0 Å². The summed E-state index contributed by atoms with van der Waals surface area (Å²) in [6.07, 6.45) is 3.63. The number of rotatable bonds is 5. The van der Waals surface area contributed by atoms with E-state index >= 15 is 0 Å². The summed E-state index contributed by atoms with van der Waals surface area (Å²) in [5, 5.41) is 3.63. The molecule has 0 spiro atoms. The molecule has 1 aromatic heterocycles. The number of fused-ring (bicyclic) bond motifs is 1. The van der Waals surface area contributed by atoms with Crippen molar-refractivity contribution in [2.45, 2.75) is 19.4 Å². The van der Waals surface area contributed by atoms with Crippen LogP contribution in [0.25, 0.3) is 10.9 Å². The molecule has 2 aromatic carbocycles. The van der Waals surface area contributed by atoms with Crippen molar-refractivity contribution in [3.63, 3.8) is 0 Å². The van der Waals surface area contributed by atoms with Crippen LogP contribution in [0, 0.1) is 11.7 Å². The summed E-state index contributed by atoms with van der Waals surface area (Å²) in [5.74, 6) is 0.589. The van der Waals surface area contributed by atoms with Gasteiger partial charge in [-0.2, -0.15) is 0 Å². The number of ether oxygens (including phenoxy) is 1. The normalized spacial score (nSPS) is 13.6. The lowest BCUT2D eigenvalue weighted by atomic mass is 10.1. The number of carbonyl (C=O) groups is 1. The zero-order valence-electron chi connectivity index (χ0n) is 13.5. The van der Waals surface area contributed by atoms with Crippen molar-refractivity contribution in [1.82, 2.24) is 4.98 Å². The summed E-state index contributed by atoms with van der Waals surface area (Å²) < 4.78 is 19.5. The number of aromatic nitrogens is 1. The average Bonchev–Trinajstić information content (AvgIpc) is 3.46. The molecule has 0 aliphatic heterocycles. The predicted molar refractivity (Wildman–Crippen MR) is 93.8 cm³/mol. The Morgan fingerprint density at radius 3 is 2.76 bits per heavy atom. The zero-order chi connectivity index (χ0) is 17.2. The first-order valence-electron chi connectivity index (χ1n) is 8.26. The van der Waals surface area contributed by atoms with Crippen molar-refractivity contribution >= 4 is 22.5 Å². The van der Waals surface area contributed by atoms with E-state index < -0.39 is 0 Å². The van der Waals surface area contributed by atoms with Gasteiger partial charge in [-0.3, -0.25) is 9.78 Å². The van der Waals surface area contributed by atoms with Crippen molar-refractivity contribution in [3.05, 3.63) is 66.1 Å². The number of benzene rings is 2. The van der Waals surface area contributed by atoms with E-state index in [2.05, 4.69) is 10.3 Å². The predicted octanol–water partition coefficient (Wildman–Crippen LogP) is 4.30. The maximum atomic E-state index is 13.7. The van der Waals surface area contributed by atoms with Gasteiger partial charge in [-0.15, -0.1) is 0 Å². The van der Waals surface area contributed by atoms with Crippen molar-refractivity contribution in [2.75, 3.05) is 5.32 Å². The molecule has 0 radical (unpaired) electrons. The van der Waals surface area contributed by atoms with Crippen LogP contribution in [0.2, 0.25) is 0 Å². The lowest BCUT2D eigenvalue weighted by Crippen LogP contribution is -2.13. The fourth-order valence-corrected chi connectivity index (χ4v) is 2.72. The average molecular weight is 336 g/mol. The Morgan fingerprint density at radius 2 is 2.00 bits per heavy atom. The number of amides is 1.